The summed E-state index contributed by atoms with van der Waals surface area (Å²) in [5.74, 6) is -2.42. The number of aliphatic carboxylic acids is 1. The minimum atomic E-state index is -1.07. The highest BCUT2D eigenvalue weighted by atomic mass is 16.6. The lowest BCUT2D eigenvalue weighted by Gasteiger charge is -2.15. The van der Waals surface area contributed by atoms with E-state index in [2.05, 4.69) is 0 Å². The average molecular weight is 215 g/mol. The Hall–Kier alpha value is -1.46. The third-order valence-electron chi connectivity index (χ3n) is 2.94. The lowest BCUT2D eigenvalue weighted by molar-refractivity contribution is -0.490. The van der Waals surface area contributed by atoms with Crippen molar-refractivity contribution in [3.63, 3.8) is 0 Å². The number of nitrogens with zero attached hydrogens (tertiary/aromatic N) is 1. The molecular weight excluding hydrogens is 202 g/mol. The van der Waals surface area contributed by atoms with Gasteiger partial charge in [-0.3, -0.25) is 19.7 Å². The Kier molecular flexibility index (Phi) is 3.39. The highest BCUT2D eigenvalue weighted by Gasteiger charge is 2.43. The second kappa shape index (κ2) is 4.37. The van der Waals surface area contributed by atoms with Gasteiger partial charge in [-0.25, -0.2) is 0 Å². The molecule has 1 N–H and O–H groups in total. The normalized spacial score (nSPS) is 30.5. The summed E-state index contributed by atoms with van der Waals surface area (Å²) in [6.07, 6.45) is -0.0296. The fourth-order valence-electron chi connectivity index (χ4n) is 2.19. The third-order valence-corrected chi connectivity index (χ3v) is 2.94. The summed E-state index contributed by atoms with van der Waals surface area (Å²) in [6.45, 7) is 1.44. The molecule has 0 aromatic rings. The van der Waals surface area contributed by atoms with E-state index in [0.717, 1.165) is 0 Å². The number of hydrogen-bond acceptors (Lipinski definition) is 4. The molecule has 1 saturated carbocycles. The van der Waals surface area contributed by atoms with E-state index in [-0.39, 0.29) is 31.1 Å². The molecule has 0 saturated heterocycles. The van der Waals surface area contributed by atoms with Crippen LogP contribution < -0.4 is 0 Å². The number of nitro groups is 1. The minimum absolute atomic E-state index is 0.0905. The molecule has 0 bridgehead atoms. The summed E-state index contributed by atoms with van der Waals surface area (Å²) in [4.78, 5) is 31.9. The van der Waals surface area contributed by atoms with E-state index in [4.69, 9.17) is 5.11 Å². The predicted molar refractivity (Wildman–Crippen MR) is 49.9 cm³/mol. The van der Waals surface area contributed by atoms with Crippen molar-refractivity contribution in [1.82, 2.24) is 0 Å². The molecule has 0 aromatic carbocycles. The first-order valence-corrected chi connectivity index (χ1v) is 4.78. The molecule has 6 heteroatoms. The van der Waals surface area contributed by atoms with Gasteiger partial charge in [0, 0.05) is 23.2 Å². The number of carbonyl (C=O) groups excluding carboxylic acids is 1. The second-order valence-corrected chi connectivity index (χ2v) is 4.03. The highest BCUT2D eigenvalue weighted by molar-refractivity contribution is 5.87. The van der Waals surface area contributed by atoms with E-state index in [1.54, 1.807) is 6.92 Å². The lowest BCUT2D eigenvalue weighted by atomic mass is 9.88. The van der Waals surface area contributed by atoms with Crippen LogP contribution in [0.3, 0.4) is 0 Å². The number of carboxylic acid groups (broad SMARTS) is 1. The largest absolute Gasteiger partial charge is 0.481 e. The van der Waals surface area contributed by atoms with Crippen LogP contribution in [0.15, 0.2) is 0 Å². The van der Waals surface area contributed by atoms with Crippen molar-refractivity contribution in [3.05, 3.63) is 10.1 Å². The molecule has 0 spiro atoms. The molecule has 1 aliphatic rings. The van der Waals surface area contributed by atoms with Gasteiger partial charge in [0.25, 0.3) is 0 Å². The van der Waals surface area contributed by atoms with Crippen LogP contribution in [0.4, 0.5) is 0 Å². The maximum absolute atomic E-state index is 11.4. The Bertz CT molecular complexity index is 301. The van der Waals surface area contributed by atoms with Gasteiger partial charge >= 0.3 is 5.97 Å². The van der Waals surface area contributed by atoms with Gasteiger partial charge in [0.2, 0.25) is 6.54 Å². The molecule has 3 atom stereocenters. The number of ketones is 1. The molecule has 6 nitrogen and oxygen atoms in total. The Morgan fingerprint density at radius 3 is 2.73 bits per heavy atom. The summed E-state index contributed by atoms with van der Waals surface area (Å²) in [6, 6.07) is 0. The van der Waals surface area contributed by atoms with Crippen molar-refractivity contribution >= 4 is 11.8 Å². The summed E-state index contributed by atoms with van der Waals surface area (Å²) < 4.78 is 0. The van der Waals surface area contributed by atoms with Gasteiger partial charge in [-0.1, -0.05) is 6.92 Å². The maximum atomic E-state index is 11.4. The molecule has 0 radical (unpaired) electrons. The standard InChI is InChI=1S/C9H13NO5/c1-5-2-8(11)6(3-9(12)13)7(5)4-10(14)15/h5-7H,2-4H2,1H3,(H,12,13)/t5?,6?,7-/m0/s1. The van der Waals surface area contributed by atoms with Gasteiger partial charge in [-0.15, -0.1) is 0 Å². The summed E-state index contributed by atoms with van der Waals surface area (Å²) in [5, 5.41) is 19.0. The zero-order valence-electron chi connectivity index (χ0n) is 8.38. The summed E-state index contributed by atoms with van der Waals surface area (Å²) in [7, 11) is 0. The van der Waals surface area contributed by atoms with Crippen molar-refractivity contribution in [1.29, 1.82) is 0 Å². The van der Waals surface area contributed by atoms with Crippen LogP contribution in [0.25, 0.3) is 0 Å². The van der Waals surface area contributed by atoms with E-state index in [9.17, 15) is 19.7 Å². The fraction of sp³-hybridized carbons (Fsp3) is 0.778. The molecule has 0 aromatic heterocycles. The molecule has 1 aliphatic carbocycles. The van der Waals surface area contributed by atoms with Crippen LogP contribution in [-0.2, 0) is 9.59 Å². The smallest absolute Gasteiger partial charge is 0.304 e. The molecule has 15 heavy (non-hydrogen) atoms. The van der Waals surface area contributed by atoms with Gasteiger partial charge in [0.1, 0.15) is 5.78 Å². The molecule has 0 heterocycles. The number of carboxylic acids is 1. The number of Topliss-reactive ketones (excluding diaryl/α,β-unsaturated/α-hetero) is 1. The quantitative estimate of drug-likeness (QED) is 0.546. The Balaban J connectivity index is 2.75. The number of carbonyl (C=O) groups is 2. The lowest BCUT2D eigenvalue weighted by Crippen LogP contribution is -2.26. The van der Waals surface area contributed by atoms with Crippen molar-refractivity contribution in [2.24, 2.45) is 17.8 Å². The average Bonchev–Trinajstić information content (AvgIpc) is 2.30. The van der Waals surface area contributed by atoms with Crippen molar-refractivity contribution in [2.75, 3.05) is 6.54 Å². The summed E-state index contributed by atoms with van der Waals surface area (Å²) in [5.41, 5.74) is 0. The van der Waals surface area contributed by atoms with Gasteiger partial charge in [-0.05, 0) is 5.92 Å². The van der Waals surface area contributed by atoms with Crippen LogP contribution >= 0.6 is 0 Å². The van der Waals surface area contributed by atoms with E-state index < -0.39 is 22.7 Å². The van der Waals surface area contributed by atoms with Crippen LogP contribution in [-0.4, -0.2) is 28.3 Å². The molecular formula is C9H13NO5. The zero-order valence-corrected chi connectivity index (χ0v) is 8.38. The van der Waals surface area contributed by atoms with Gasteiger partial charge < -0.3 is 5.11 Å². The minimum Gasteiger partial charge on any atom is -0.481 e. The summed E-state index contributed by atoms with van der Waals surface area (Å²) >= 11 is 0. The Morgan fingerprint density at radius 2 is 2.27 bits per heavy atom. The Morgan fingerprint density at radius 1 is 1.67 bits per heavy atom. The van der Waals surface area contributed by atoms with Crippen LogP contribution in [0.1, 0.15) is 19.8 Å². The van der Waals surface area contributed by atoms with E-state index in [0.29, 0.717) is 0 Å². The molecule has 1 fully saturated rings. The highest BCUT2D eigenvalue weighted by Crippen LogP contribution is 2.36. The van der Waals surface area contributed by atoms with E-state index in [1.807, 2.05) is 0 Å². The maximum Gasteiger partial charge on any atom is 0.304 e. The number of rotatable bonds is 4. The van der Waals surface area contributed by atoms with Crippen molar-refractivity contribution in [3.8, 4) is 0 Å². The first kappa shape index (κ1) is 11.6. The van der Waals surface area contributed by atoms with Gasteiger partial charge in [0.15, 0.2) is 0 Å². The molecule has 84 valence electrons. The SMILES string of the molecule is CC1CC(=O)C(CC(=O)O)[C@H]1C[N+](=O)[O-]. The fourth-order valence-corrected chi connectivity index (χ4v) is 2.19. The first-order chi connectivity index (χ1) is 6.91. The van der Waals surface area contributed by atoms with Crippen LogP contribution in [0.5, 0.6) is 0 Å². The van der Waals surface area contributed by atoms with Gasteiger partial charge in [0.05, 0.1) is 6.42 Å². The first-order valence-electron chi connectivity index (χ1n) is 4.78. The van der Waals surface area contributed by atoms with E-state index >= 15 is 0 Å². The zero-order chi connectivity index (χ0) is 11.6. The second-order valence-electron chi connectivity index (χ2n) is 4.03. The topological polar surface area (TPSA) is 97.5 Å². The Labute approximate surface area is 86.4 Å². The van der Waals surface area contributed by atoms with Crippen LogP contribution in [0, 0.1) is 27.9 Å². The van der Waals surface area contributed by atoms with E-state index in [1.165, 1.54) is 0 Å². The number of hydrogen-bond donors (Lipinski definition) is 1. The van der Waals surface area contributed by atoms with Gasteiger partial charge in [-0.2, -0.15) is 0 Å². The monoisotopic (exact) mass is 215 g/mol. The van der Waals surface area contributed by atoms with Crippen molar-refractivity contribution < 1.29 is 19.6 Å². The molecule has 0 aliphatic heterocycles. The molecule has 0 amide bonds. The van der Waals surface area contributed by atoms with Crippen LogP contribution in [0.2, 0.25) is 0 Å². The third kappa shape index (κ3) is 2.74. The predicted octanol–water partition coefficient (Wildman–Crippen LogP) is 0.579. The van der Waals surface area contributed by atoms with Crippen molar-refractivity contribution in [2.45, 2.75) is 19.8 Å². The molecule has 2 unspecified atom stereocenters. The molecule has 1 rings (SSSR count).